The number of aromatic nitrogens is 3. The Balaban J connectivity index is 1.76. The summed E-state index contributed by atoms with van der Waals surface area (Å²) >= 11 is 0. The molecular weight excluding hydrogens is 391 g/mol. The molecule has 1 aliphatic heterocycles. The van der Waals surface area contributed by atoms with Gasteiger partial charge in [0.2, 0.25) is 5.43 Å². The number of methoxy groups -OCH3 is 1. The van der Waals surface area contributed by atoms with E-state index in [1.807, 2.05) is 4.90 Å². The van der Waals surface area contributed by atoms with Gasteiger partial charge in [0.15, 0.2) is 11.6 Å². The van der Waals surface area contributed by atoms with Crippen molar-refractivity contribution in [2.24, 2.45) is 0 Å². The maximum atomic E-state index is 15.3. The summed E-state index contributed by atoms with van der Waals surface area (Å²) in [6.07, 6.45) is 6.93. The van der Waals surface area contributed by atoms with E-state index < -0.39 is 17.2 Å². The fourth-order valence-corrected chi connectivity index (χ4v) is 4.18. The van der Waals surface area contributed by atoms with Gasteiger partial charge in [0.05, 0.1) is 23.7 Å². The van der Waals surface area contributed by atoms with E-state index in [4.69, 9.17) is 4.74 Å². The number of aromatic carboxylic acids is 1. The van der Waals surface area contributed by atoms with Gasteiger partial charge in [-0.3, -0.25) is 4.79 Å². The van der Waals surface area contributed by atoms with Crippen molar-refractivity contribution in [2.75, 3.05) is 18.6 Å². The van der Waals surface area contributed by atoms with Crippen LogP contribution in [0.5, 0.6) is 5.75 Å². The van der Waals surface area contributed by atoms with Gasteiger partial charge < -0.3 is 19.3 Å². The summed E-state index contributed by atoms with van der Waals surface area (Å²) in [7, 11) is 1.44. The molecule has 8 nitrogen and oxygen atoms in total. The summed E-state index contributed by atoms with van der Waals surface area (Å²) < 4.78 is 22.7. The van der Waals surface area contributed by atoms with Gasteiger partial charge in [-0.2, -0.15) is 0 Å². The second-order valence-corrected chi connectivity index (χ2v) is 7.62. The standard InChI is InChI=1S/C21H19FN4O4/c1-30-20-17-13(19(27)14(21(28)29)9-26(17)12-2-3-12)6-15(22)18(20)25-5-4-16-11(8-25)7-23-10-24-16/h6-7,9-10,12H,2-5,8H2,1H3,(H,28,29). The molecule has 1 fully saturated rings. The number of pyridine rings is 1. The Bertz CT molecular complexity index is 1250. The van der Waals surface area contributed by atoms with Crippen LogP contribution < -0.4 is 15.1 Å². The third-order valence-electron chi connectivity index (χ3n) is 5.75. The van der Waals surface area contributed by atoms with Gasteiger partial charge in [0.25, 0.3) is 0 Å². The van der Waals surface area contributed by atoms with E-state index in [-0.39, 0.29) is 28.4 Å². The minimum Gasteiger partial charge on any atom is -0.492 e. The van der Waals surface area contributed by atoms with E-state index >= 15 is 4.39 Å². The lowest BCUT2D eigenvalue weighted by atomic mass is 10.0. The summed E-state index contributed by atoms with van der Waals surface area (Å²) in [6.45, 7) is 0.944. The van der Waals surface area contributed by atoms with Crippen LogP contribution in [0.25, 0.3) is 10.9 Å². The number of carboxylic acid groups (broad SMARTS) is 1. The predicted octanol–water partition coefficient (Wildman–Crippen LogP) is 2.54. The Labute approximate surface area is 170 Å². The second kappa shape index (κ2) is 6.79. The molecule has 0 unspecified atom stereocenters. The van der Waals surface area contributed by atoms with Crippen molar-refractivity contribution in [2.45, 2.75) is 31.8 Å². The molecule has 0 radical (unpaired) electrons. The van der Waals surface area contributed by atoms with Crippen LogP contribution in [0.15, 0.2) is 29.6 Å². The van der Waals surface area contributed by atoms with Gasteiger partial charge in [-0.1, -0.05) is 0 Å². The number of carboxylic acids is 1. The van der Waals surface area contributed by atoms with Crippen LogP contribution in [0.4, 0.5) is 10.1 Å². The molecule has 0 amide bonds. The smallest absolute Gasteiger partial charge is 0.341 e. The monoisotopic (exact) mass is 410 g/mol. The van der Waals surface area contributed by atoms with Crippen molar-refractivity contribution in [3.63, 3.8) is 0 Å². The van der Waals surface area contributed by atoms with Gasteiger partial charge in [-0.25, -0.2) is 19.2 Å². The number of rotatable bonds is 4. The van der Waals surface area contributed by atoms with Gasteiger partial charge in [-0.05, 0) is 18.9 Å². The maximum Gasteiger partial charge on any atom is 0.341 e. The zero-order chi connectivity index (χ0) is 21.0. The number of hydrogen-bond donors (Lipinski definition) is 1. The lowest BCUT2D eigenvalue weighted by Crippen LogP contribution is -2.32. The van der Waals surface area contributed by atoms with Crippen LogP contribution in [0.2, 0.25) is 0 Å². The van der Waals surface area contributed by atoms with E-state index in [0.29, 0.717) is 25.0 Å². The van der Waals surface area contributed by atoms with Crippen molar-refractivity contribution < 1.29 is 19.0 Å². The molecule has 0 bridgehead atoms. The molecule has 1 N–H and O–H groups in total. The van der Waals surface area contributed by atoms with E-state index in [2.05, 4.69) is 9.97 Å². The Hall–Kier alpha value is -3.49. The molecule has 3 aromatic rings. The minimum absolute atomic E-state index is 0.0145. The van der Waals surface area contributed by atoms with Gasteiger partial charge >= 0.3 is 5.97 Å². The third-order valence-corrected chi connectivity index (χ3v) is 5.75. The average molecular weight is 410 g/mol. The summed E-state index contributed by atoms with van der Waals surface area (Å²) in [5.74, 6) is -1.71. The SMILES string of the molecule is COc1c(N2CCc3ncncc3C2)c(F)cc2c(=O)c(C(=O)O)cn(C3CC3)c12. The van der Waals surface area contributed by atoms with Crippen LogP contribution >= 0.6 is 0 Å². The number of benzene rings is 1. The molecule has 3 heterocycles. The predicted molar refractivity (Wildman–Crippen MR) is 107 cm³/mol. The molecule has 9 heteroatoms. The van der Waals surface area contributed by atoms with E-state index in [0.717, 1.165) is 30.2 Å². The number of halogens is 1. The molecule has 1 saturated carbocycles. The Morgan fingerprint density at radius 3 is 2.87 bits per heavy atom. The molecule has 0 atom stereocenters. The first-order valence-corrected chi connectivity index (χ1v) is 9.71. The fourth-order valence-electron chi connectivity index (χ4n) is 4.18. The number of ether oxygens (including phenoxy) is 1. The van der Waals surface area contributed by atoms with E-state index in [1.165, 1.54) is 19.6 Å². The lowest BCUT2D eigenvalue weighted by Gasteiger charge is -2.31. The van der Waals surface area contributed by atoms with Crippen molar-refractivity contribution in [1.82, 2.24) is 14.5 Å². The molecule has 154 valence electrons. The lowest BCUT2D eigenvalue weighted by molar-refractivity contribution is 0.0695. The van der Waals surface area contributed by atoms with Crippen LogP contribution in [-0.4, -0.2) is 39.3 Å². The maximum absolute atomic E-state index is 15.3. The largest absolute Gasteiger partial charge is 0.492 e. The first-order chi connectivity index (χ1) is 14.5. The molecule has 1 aliphatic carbocycles. The molecular formula is C21H19FN4O4. The third kappa shape index (κ3) is 2.80. The number of anilines is 1. The van der Waals surface area contributed by atoms with Gasteiger partial charge in [0.1, 0.15) is 17.6 Å². The van der Waals surface area contributed by atoms with Crippen LogP contribution in [0.3, 0.4) is 0 Å². The Morgan fingerprint density at radius 1 is 1.37 bits per heavy atom. The zero-order valence-electron chi connectivity index (χ0n) is 16.3. The number of fused-ring (bicyclic) bond motifs is 2. The van der Waals surface area contributed by atoms with E-state index in [9.17, 15) is 14.7 Å². The summed E-state index contributed by atoms with van der Waals surface area (Å²) in [4.78, 5) is 34.6. The normalized spacial score (nSPS) is 15.9. The van der Waals surface area contributed by atoms with Crippen molar-refractivity contribution >= 4 is 22.6 Å². The number of hydrogen-bond acceptors (Lipinski definition) is 6. The highest BCUT2D eigenvalue weighted by Gasteiger charge is 2.32. The Morgan fingerprint density at radius 2 is 2.17 bits per heavy atom. The first kappa shape index (κ1) is 18.5. The molecule has 1 aromatic carbocycles. The quantitative estimate of drug-likeness (QED) is 0.706. The number of nitrogens with zero attached hydrogens (tertiary/aromatic N) is 4. The average Bonchev–Trinajstić information content (AvgIpc) is 3.58. The highest BCUT2D eigenvalue weighted by atomic mass is 19.1. The highest BCUT2D eigenvalue weighted by molar-refractivity contribution is 5.97. The molecule has 0 saturated heterocycles. The van der Waals surface area contributed by atoms with Crippen LogP contribution in [-0.2, 0) is 13.0 Å². The van der Waals surface area contributed by atoms with Gasteiger partial charge in [0, 0.05) is 43.5 Å². The summed E-state index contributed by atoms with van der Waals surface area (Å²) in [5.41, 5.74) is 1.45. The Kier molecular flexibility index (Phi) is 4.19. The van der Waals surface area contributed by atoms with E-state index in [1.54, 1.807) is 10.8 Å². The molecule has 2 aliphatic rings. The molecule has 30 heavy (non-hydrogen) atoms. The van der Waals surface area contributed by atoms with Gasteiger partial charge in [-0.15, -0.1) is 0 Å². The number of carbonyl (C=O) groups is 1. The van der Waals surface area contributed by atoms with Crippen LogP contribution in [0.1, 0.15) is 40.5 Å². The van der Waals surface area contributed by atoms with Crippen molar-refractivity contribution in [1.29, 1.82) is 0 Å². The highest BCUT2D eigenvalue weighted by Crippen LogP contribution is 2.44. The first-order valence-electron chi connectivity index (χ1n) is 9.71. The minimum atomic E-state index is -1.33. The summed E-state index contributed by atoms with van der Waals surface area (Å²) in [6, 6.07) is 1.20. The zero-order valence-corrected chi connectivity index (χ0v) is 16.3. The van der Waals surface area contributed by atoms with Crippen molar-refractivity contribution in [3.8, 4) is 5.75 Å². The summed E-state index contributed by atoms with van der Waals surface area (Å²) in [5, 5.41) is 9.46. The molecule has 0 spiro atoms. The fraction of sp³-hybridized carbons (Fsp3) is 0.333. The molecule has 5 rings (SSSR count). The topological polar surface area (TPSA) is 97.6 Å². The van der Waals surface area contributed by atoms with Crippen LogP contribution in [0, 0.1) is 5.82 Å². The van der Waals surface area contributed by atoms with Crippen molar-refractivity contribution in [3.05, 3.63) is 57.6 Å². The second-order valence-electron chi connectivity index (χ2n) is 7.62. The molecule has 2 aromatic heterocycles.